The van der Waals surface area contributed by atoms with E-state index in [1.807, 2.05) is 0 Å². The van der Waals surface area contributed by atoms with E-state index >= 15 is 0 Å². The topological polar surface area (TPSA) is 78.5 Å². The Hall–Kier alpha value is -1.59. The highest BCUT2D eigenvalue weighted by molar-refractivity contribution is 6.04. The van der Waals surface area contributed by atoms with Crippen molar-refractivity contribution in [1.82, 2.24) is 15.5 Å². The molecule has 0 radical (unpaired) electrons. The van der Waals surface area contributed by atoms with Crippen LogP contribution in [-0.2, 0) is 9.59 Å². The van der Waals surface area contributed by atoms with Crippen LogP contribution in [0.2, 0.25) is 0 Å². The Morgan fingerprint density at radius 1 is 1.67 bits per heavy atom. The number of amides is 4. The number of rotatable bonds is 2. The monoisotopic (exact) mass is 171 g/mol. The molecule has 1 heterocycles. The number of urea groups is 1. The quantitative estimate of drug-likeness (QED) is 0.485. The van der Waals surface area contributed by atoms with Gasteiger partial charge < -0.3 is 10.6 Å². The Kier molecular flexibility index (Phi) is 2.27. The lowest BCUT2D eigenvalue weighted by Crippen LogP contribution is -2.39. The molecule has 0 aliphatic carbocycles. The van der Waals surface area contributed by atoms with Crippen molar-refractivity contribution < 1.29 is 14.4 Å². The summed E-state index contributed by atoms with van der Waals surface area (Å²) in [5.74, 6) is -0.732. The van der Waals surface area contributed by atoms with E-state index in [4.69, 9.17) is 0 Å². The first-order valence-corrected chi connectivity index (χ1v) is 3.44. The minimum absolute atomic E-state index is 0.0180. The molecule has 0 bridgehead atoms. The summed E-state index contributed by atoms with van der Waals surface area (Å²) in [4.78, 5) is 33.4. The summed E-state index contributed by atoms with van der Waals surface area (Å²) in [7, 11) is 1.45. The molecule has 0 aromatic carbocycles. The first-order chi connectivity index (χ1) is 5.65. The second-order valence-corrected chi connectivity index (χ2v) is 2.31. The van der Waals surface area contributed by atoms with Gasteiger partial charge in [-0.15, -0.1) is 0 Å². The van der Waals surface area contributed by atoms with E-state index in [9.17, 15) is 14.4 Å². The largest absolute Gasteiger partial charge is 0.358 e. The molecule has 12 heavy (non-hydrogen) atoms. The van der Waals surface area contributed by atoms with Gasteiger partial charge in [-0.1, -0.05) is 0 Å². The summed E-state index contributed by atoms with van der Waals surface area (Å²) in [6, 6.07) is -0.511. The van der Waals surface area contributed by atoms with E-state index in [-0.39, 0.29) is 24.9 Å². The third kappa shape index (κ3) is 1.52. The molecule has 0 spiro atoms. The standard InChI is InChI=1S/C6H9N3O3/c1-7-4(10)3-9-5(11)2-8-6(9)12/h2-3H2,1H3,(H,7,10)(H,8,12). The van der Waals surface area contributed by atoms with Crippen molar-refractivity contribution >= 4 is 17.8 Å². The molecule has 1 fully saturated rings. The SMILES string of the molecule is CNC(=O)CN1C(=O)CNC1=O. The number of hydrogen-bond acceptors (Lipinski definition) is 3. The van der Waals surface area contributed by atoms with Gasteiger partial charge in [-0.05, 0) is 0 Å². The van der Waals surface area contributed by atoms with Gasteiger partial charge in [-0.25, -0.2) is 4.79 Å². The van der Waals surface area contributed by atoms with E-state index in [0.717, 1.165) is 4.90 Å². The normalized spacial score (nSPS) is 16.2. The average molecular weight is 171 g/mol. The minimum atomic E-state index is -0.511. The van der Waals surface area contributed by atoms with Crippen LogP contribution in [0.15, 0.2) is 0 Å². The van der Waals surface area contributed by atoms with Crippen LogP contribution in [0.3, 0.4) is 0 Å². The molecule has 2 N–H and O–H groups in total. The molecule has 66 valence electrons. The molecule has 1 aliphatic rings. The third-order valence-electron chi connectivity index (χ3n) is 1.52. The van der Waals surface area contributed by atoms with Gasteiger partial charge in [0.25, 0.3) is 5.91 Å². The molecular formula is C6H9N3O3. The number of imide groups is 1. The predicted molar refractivity (Wildman–Crippen MR) is 39.2 cm³/mol. The molecule has 0 atom stereocenters. The highest BCUT2D eigenvalue weighted by atomic mass is 16.2. The summed E-state index contributed by atoms with van der Waals surface area (Å²) in [6.07, 6.45) is 0. The number of carbonyl (C=O) groups excluding carboxylic acids is 3. The first kappa shape index (κ1) is 8.51. The van der Waals surface area contributed by atoms with Gasteiger partial charge in [-0.2, -0.15) is 0 Å². The zero-order valence-corrected chi connectivity index (χ0v) is 6.59. The van der Waals surface area contributed by atoms with E-state index < -0.39 is 6.03 Å². The van der Waals surface area contributed by atoms with Crippen molar-refractivity contribution in [2.75, 3.05) is 20.1 Å². The molecule has 0 saturated carbocycles. The predicted octanol–water partition coefficient (Wildman–Crippen LogP) is -1.72. The zero-order valence-electron chi connectivity index (χ0n) is 6.59. The number of nitrogens with one attached hydrogen (secondary N) is 2. The van der Waals surface area contributed by atoms with Crippen LogP contribution in [0.4, 0.5) is 4.79 Å². The fraction of sp³-hybridized carbons (Fsp3) is 0.500. The summed E-state index contributed by atoms with van der Waals surface area (Å²) in [5.41, 5.74) is 0. The van der Waals surface area contributed by atoms with Crippen LogP contribution < -0.4 is 10.6 Å². The lowest BCUT2D eigenvalue weighted by molar-refractivity contribution is -0.130. The summed E-state index contributed by atoms with van der Waals surface area (Å²) < 4.78 is 0. The zero-order chi connectivity index (χ0) is 9.14. The molecular weight excluding hydrogens is 162 g/mol. The van der Waals surface area contributed by atoms with E-state index in [0.29, 0.717) is 0 Å². The molecule has 0 aromatic rings. The number of nitrogens with zero attached hydrogens (tertiary/aromatic N) is 1. The van der Waals surface area contributed by atoms with Crippen LogP contribution in [0.1, 0.15) is 0 Å². The van der Waals surface area contributed by atoms with Gasteiger partial charge in [0.05, 0.1) is 6.54 Å². The Morgan fingerprint density at radius 3 is 2.75 bits per heavy atom. The van der Waals surface area contributed by atoms with Crippen LogP contribution in [0.25, 0.3) is 0 Å². The van der Waals surface area contributed by atoms with E-state index in [2.05, 4.69) is 10.6 Å². The maximum absolute atomic E-state index is 10.9. The Labute approximate surface area is 68.9 Å². The van der Waals surface area contributed by atoms with Crippen molar-refractivity contribution in [3.63, 3.8) is 0 Å². The lowest BCUT2D eigenvalue weighted by Gasteiger charge is -2.09. The highest BCUT2D eigenvalue weighted by Crippen LogP contribution is 1.97. The molecule has 1 saturated heterocycles. The first-order valence-electron chi connectivity index (χ1n) is 3.44. The average Bonchev–Trinajstić information content (AvgIpc) is 2.35. The van der Waals surface area contributed by atoms with Crippen LogP contribution in [0, 0.1) is 0 Å². The third-order valence-corrected chi connectivity index (χ3v) is 1.52. The van der Waals surface area contributed by atoms with Gasteiger partial charge in [0.2, 0.25) is 5.91 Å². The van der Waals surface area contributed by atoms with E-state index in [1.54, 1.807) is 0 Å². The Morgan fingerprint density at radius 2 is 2.33 bits per heavy atom. The van der Waals surface area contributed by atoms with Crippen LogP contribution in [-0.4, -0.2) is 42.9 Å². The summed E-state index contributed by atoms with van der Waals surface area (Å²) in [6.45, 7) is -0.225. The van der Waals surface area contributed by atoms with Crippen molar-refractivity contribution in [3.8, 4) is 0 Å². The van der Waals surface area contributed by atoms with Crippen molar-refractivity contribution in [2.24, 2.45) is 0 Å². The number of likely N-dealkylation sites (N-methyl/N-ethyl adjacent to an activating group) is 1. The van der Waals surface area contributed by atoms with Crippen LogP contribution in [0.5, 0.6) is 0 Å². The van der Waals surface area contributed by atoms with Gasteiger partial charge >= 0.3 is 6.03 Å². The maximum Gasteiger partial charge on any atom is 0.325 e. The molecule has 1 rings (SSSR count). The number of hydrogen-bond donors (Lipinski definition) is 2. The van der Waals surface area contributed by atoms with Crippen molar-refractivity contribution in [1.29, 1.82) is 0 Å². The molecule has 4 amide bonds. The smallest absolute Gasteiger partial charge is 0.325 e. The van der Waals surface area contributed by atoms with Crippen molar-refractivity contribution in [3.05, 3.63) is 0 Å². The van der Waals surface area contributed by atoms with Gasteiger partial charge in [0.15, 0.2) is 0 Å². The fourth-order valence-electron chi connectivity index (χ4n) is 0.838. The van der Waals surface area contributed by atoms with Gasteiger partial charge in [0.1, 0.15) is 6.54 Å². The fourth-order valence-corrected chi connectivity index (χ4v) is 0.838. The second-order valence-electron chi connectivity index (χ2n) is 2.31. The summed E-state index contributed by atoms with van der Waals surface area (Å²) >= 11 is 0. The Bertz CT molecular complexity index is 222. The number of carbonyl (C=O) groups is 3. The molecule has 0 aromatic heterocycles. The van der Waals surface area contributed by atoms with Gasteiger partial charge in [0, 0.05) is 7.05 Å². The lowest BCUT2D eigenvalue weighted by atomic mass is 10.5. The van der Waals surface area contributed by atoms with Crippen LogP contribution >= 0.6 is 0 Å². The van der Waals surface area contributed by atoms with Gasteiger partial charge in [-0.3, -0.25) is 14.5 Å². The Balaban J connectivity index is 2.56. The molecule has 1 aliphatic heterocycles. The maximum atomic E-state index is 10.9. The molecule has 6 heteroatoms. The highest BCUT2D eigenvalue weighted by Gasteiger charge is 2.29. The van der Waals surface area contributed by atoms with Crippen molar-refractivity contribution in [2.45, 2.75) is 0 Å². The molecule has 6 nitrogen and oxygen atoms in total. The van der Waals surface area contributed by atoms with E-state index in [1.165, 1.54) is 7.05 Å². The minimum Gasteiger partial charge on any atom is -0.358 e. The second kappa shape index (κ2) is 3.21. The summed E-state index contributed by atoms with van der Waals surface area (Å²) in [5, 5.41) is 4.63. The molecule has 0 unspecified atom stereocenters.